The summed E-state index contributed by atoms with van der Waals surface area (Å²) in [5.74, 6) is -1.26. The number of nitrogens with one attached hydrogen (secondary N) is 1. The lowest BCUT2D eigenvalue weighted by molar-refractivity contribution is -0.153. The normalized spacial score (nSPS) is 23.5. The smallest absolute Gasteiger partial charge is 0.355 e. The first-order valence-electron chi connectivity index (χ1n) is 12.5. The van der Waals surface area contributed by atoms with E-state index >= 15 is 0 Å². The topological polar surface area (TPSA) is 180 Å². The highest BCUT2D eigenvalue weighted by Crippen LogP contribution is 2.44. The molecule has 2 aromatic rings. The summed E-state index contributed by atoms with van der Waals surface area (Å²) in [5, 5.41) is 6.60. The van der Waals surface area contributed by atoms with Crippen LogP contribution in [0.1, 0.15) is 24.1 Å². The molecule has 41 heavy (non-hydrogen) atoms. The molecule has 3 atom stereocenters. The number of esters is 1. The van der Waals surface area contributed by atoms with E-state index in [1.165, 1.54) is 36.3 Å². The van der Waals surface area contributed by atoms with Gasteiger partial charge < -0.3 is 25.4 Å². The largest absolute Gasteiger partial charge is 0.497 e. The number of nitrogens with two attached hydrogens (primary N) is 1. The lowest BCUT2D eigenvalue weighted by Crippen LogP contribution is -2.71. The Hall–Kier alpha value is -3.63. The van der Waals surface area contributed by atoms with Crippen LogP contribution in [0, 0.1) is 0 Å². The van der Waals surface area contributed by atoms with Crippen molar-refractivity contribution in [3.05, 3.63) is 52.2 Å². The van der Waals surface area contributed by atoms with Gasteiger partial charge in [0.05, 0.1) is 18.1 Å². The third kappa shape index (κ3) is 5.63. The van der Waals surface area contributed by atoms with E-state index in [0.717, 1.165) is 11.3 Å². The number of ether oxygens (including phenoxy) is 2. The van der Waals surface area contributed by atoms with E-state index in [9.17, 15) is 22.8 Å². The highest BCUT2D eigenvalue weighted by atomic mass is 32.2. The number of aromatic nitrogens is 1. The van der Waals surface area contributed by atoms with Gasteiger partial charge in [0.15, 0.2) is 20.7 Å². The quantitative estimate of drug-likeness (QED) is 0.177. The predicted octanol–water partition coefficient (Wildman–Crippen LogP) is 1.06. The minimum absolute atomic E-state index is 0.0127. The molecule has 13 nitrogen and oxygen atoms in total. The van der Waals surface area contributed by atoms with Crippen LogP contribution in [0.4, 0.5) is 5.13 Å². The summed E-state index contributed by atoms with van der Waals surface area (Å²) in [6.07, 6.45) is 0.822. The third-order valence-corrected chi connectivity index (χ3v) is 11.1. The van der Waals surface area contributed by atoms with Crippen molar-refractivity contribution in [3.8, 4) is 5.75 Å². The number of nitrogen functional groups attached to an aromatic ring is 1. The average molecular weight is 622 g/mol. The molecule has 2 amide bonds. The number of fused-ring (bicyclic) bond motifs is 1. The van der Waals surface area contributed by atoms with Gasteiger partial charge in [-0.25, -0.2) is 18.2 Å². The molecule has 3 aliphatic rings. The number of amides is 2. The fraction of sp³-hybridized carbons (Fsp3) is 0.400. The van der Waals surface area contributed by atoms with E-state index in [1.807, 2.05) is 0 Å². The Morgan fingerprint density at radius 3 is 2.61 bits per heavy atom. The van der Waals surface area contributed by atoms with Crippen LogP contribution in [-0.4, -0.2) is 84.2 Å². The van der Waals surface area contributed by atoms with Crippen molar-refractivity contribution in [2.24, 2.45) is 5.16 Å². The van der Waals surface area contributed by atoms with Crippen molar-refractivity contribution in [2.75, 3.05) is 31.5 Å². The second-order valence-electron chi connectivity index (χ2n) is 9.35. The number of thioether (sulfide) groups is 1. The lowest BCUT2D eigenvalue weighted by atomic mass is 9.99. The van der Waals surface area contributed by atoms with Crippen LogP contribution in [0.3, 0.4) is 0 Å². The van der Waals surface area contributed by atoms with E-state index in [2.05, 4.69) is 15.5 Å². The van der Waals surface area contributed by atoms with Crippen LogP contribution >= 0.6 is 23.1 Å². The molecule has 2 saturated heterocycles. The number of hydrogen-bond acceptors (Lipinski definition) is 13. The monoisotopic (exact) mass is 621 g/mol. The van der Waals surface area contributed by atoms with E-state index in [1.54, 1.807) is 24.3 Å². The Morgan fingerprint density at radius 2 is 2.00 bits per heavy atom. The molecular formula is C25H27N5O8S3. The SMILES string of the molecule is CON=C(C(=O)N[C@@H]1C(=O)N2C(C(=O)OCc3ccc(OC)cc3)=C(C3CCCS3(=O)=O)CS[C@H]12)c1csc(N)n1. The van der Waals surface area contributed by atoms with Gasteiger partial charge >= 0.3 is 5.97 Å². The number of oxime groups is 1. The third-order valence-electron chi connectivity index (χ3n) is 6.89. The minimum Gasteiger partial charge on any atom is -0.497 e. The van der Waals surface area contributed by atoms with Crippen molar-refractivity contribution in [3.63, 3.8) is 0 Å². The zero-order valence-electron chi connectivity index (χ0n) is 22.1. The highest BCUT2D eigenvalue weighted by molar-refractivity contribution is 8.00. The Bertz CT molecular complexity index is 1540. The maximum Gasteiger partial charge on any atom is 0.355 e. The van der Waals surface area contributed by atoms with Gasteiger partial charge in [0, 0.05) is 11.1 Å². The standard InChI is InChI=1S/C25H27N5O8S3/c1-36-14-7-5-13(6-8-14)10-38-24(33)20-15(17-4-3-9-41(17,34)35)11-39-23-19(22(32)30(20)23)28-21(31)18(29-37-2)16-12-40-25(26)27-16/h5-8,12,17,19,23H,3-4,9-11H2,1-2H3,(H2,26,27)(H,28,31)/t17?,19-,23-/m1/s1. The molecule has 0 radical (unpaired) electrons. The van der Waals surface area contributed by atoms with Crippen LogP contribution in [0.15, 0.2) is 46.1 Å². The minimum atomic E-state index is -3.49. The molecule has 5 rings (SSSR count). The Labute approximate surface area is 244 Å². The van der Waals surface area contributed by atoms with Gasteiger partial charge in [-0.2, -0.15) is 0 Å². The second-order valence-corrected chi connectivity index (χ2v) is 13.6. The number of rotatable bonds is 9. The first-order chi connectivity index (χ1) is 19.6. The summed E-state index contributed by atoms with van der Waals surface area (Å²) in [5.41, 5.74) is 6.65. The van der Waals surface area contributed by atoms with Gasteiger partial charge in [0.25, 0.3) is 11.8 Å². The van der Waals surface area contributed by atoms with E-state index in [0.29, 0.717) is 29.7 Å². The first-order valence-corrected chi connectivity index (χ1v) is 16.1. The Balaban J connectivity index is 1.39. The van der Waals surface area contributed by atoms with Crippen molar-refractivity contribution < 1.29 is 37.1 Å². The van der Waals surface area contributed by atoms with Gasteiger partial charge in [0.1, 0.15) is 42.3 Å². The number of sulfone groups is 1. The zero-order valence-corrected chi connectivity index (χ0v) is 24.5. The van der Waals surface area contributed by atoms with Crippen LogP contribution in [-0.2, 0) is 40.4 Å². The number of carbonyl (C=O) groups excluding carboxylic acids is 3. The van der Waals surface area contributed by atoms with Crippen molar-refractivity contribution in [1.82, 2.24) is 15.2 Å². The Kier molecular flexibility index (Phi) is 8.24. The second kappa shape index (κ2) is 11.7. The molecular weight excluding hydrogens is 595 g/mol. The Morgan fingerprint density at radius 1 is 1.24 bits per heavy atom. The van der Waals surface area contributed by atoms with Crippen LogP contribution in [0.5, 0.6) is 5.75 Å². The van der Waals surface area contributed by atoms with Crippen molar-refractivity contribution >= 4 is 61.6 Å². The number of benzene rings is 1. The summed E-state index contributed by atoms with van der Waals surface area (Å²) in [4.78, 5) is 50.0. The van der Waals surface area contributed by atoms with Crippen molar-refractivity contribution in [2.45, 2.75) is 36.1 Å². The highest BCUT2D eigenvalue weighted by Gasteiger charge is 2.56. The van der Waals surface area contributed by atoms with Crippen molar-refractivity contribution in [1.29, 1.82) is 0 Å². The number of β-lactam (4-membered cyclic amide) rings is 1. The summed E-state index contributed by atoms with van der Waals surface area (Å²) in [7, 11) is -0.681. The average Bonchev–Trinajstić information content (AvgIpc) is 3.56. The molecule has 4 heterocycles. The molecule has 0 saturated carbocycles. The number of nitrogens with zero attached hydrogens (tertiary/aromatic N) is 3. The maximum atomic E-state index is 13.5. The predicted molar refractivity (Wildman–Crippen MR) is 152 cm³/mol. The molecule has 3 aliphatic heterocycles. The molecule has 1 aromatic heterocycles. The van der Waals surface area contributed by atoms with Gasteiger partial charge in [-0.3, -0.25) is 14.5 Å². The molecule has 0 aliphatic carbocycles. The van der Waals surface area contributed by atoms with Gasteiger partial charge in [-0.15, -0.1) is 23.1 Å². The number of anilines is 1. The summed E-state index contributed by atoms with van der Waals surface area (Å²) in [6, 6.07) is 5.91. The molecule has 2 fully saturated rings. The van der Waals surface area contributed by atoms with Crippen LogP contribution < -0.4 is 15.8 Å². The fourth-order valence-corrected chi connectivity index (χ4v) is 8.99. The maximum absolute atomic E-state index is 13.5. The molecule has 1 aromatic carbocycles. The molecule has 0 bridgehead atoms. The fourth-order valence-electron chi connectivity index (χ4n) is 4.90. The molecule has 0 spiro atoms. The molecule has 16 heteroatoms. The van der Waals surface area contributed by atoms with E-state index < -0.39 is 44.3 Å². The van der Waals surface area contributed by atoms with Crippen LogP contribution in [0.25, 0.3) is 0 Å². The summed E-state index contributed by atoms with van der Waals surface area (Å²) >= 11 is 2.38. The number of methoxy groups -OCH3 is 1. The summed E-state index contributed by atoms with van der Waals surface area (Å²) in [6.45, 7) is -0.0926. The van der Waals surface area contributed by atoms with Gasteiger partial charge in [0.2, 0.25) is 0 Å². The number of carbonyl (C=O) groups is 3. The molecule has 218 valence electrons. The lowest BCUT2D eigenvalue weighted by Gasteiger charge is -2.50. The van der Waals surface area contributed by atoms with Gasteiger partial charge in [-0.05, 0) is 36.1 Å². The number of hydrogen-bond donors (Lipinski definition) is 2. The van der Waals surface area contributed by atoms with Gasteiger partial charge in [-0.1, -0.05) is 17.3 Å². The first kappa shape index (κ1) is 28.9. The zero-order chi connectivity index (χ0) is 29.3. The van der Waals surface area contributed by atoms with E-state index in [-0.39, 0.29) is 40.3 Å². The summed E-state index contributed by atoms with van der Waals surface area (Å²) < 4.78 is 36.4. The number of thiazole rings is 1. The van der Waals surface area contributed by atoms with Crippen LogP contribution in [0.2, 0.25) is 0 Å². The molecule has 3 N–H and O–H groups in total. The molecule has 1 unspecified atom stereocenters. The van der Waals surface area contributed by atoms with E-state index in [4.69, 9.17) is 20.0 Å².